The van der Waals surface area contributed by atoms with Gasteiger partial charge in [0.15, 0.2) is 0 Å². The van der Waals surface area contributed by atoms with Crippen molar-refractivity contribution in [2.24, 2.45) is 0 Å². The van der Waals surface area contributed by atoms with Crippen molar-refractivity contribution in [3.63, 3.8) is 0 Å². The molecule has 184 valence electrons. The van der Waals surface area contributed by atoms with E-state index in [-0.39, 0.29) is 34.7 Å². The third-order valence-corrected chi connectivity index (χ3v) is 4.59. The molecule has 0 aliphatic heterocycles. The van der Waals surface area contributed by atoms with Gasteiger partial charge in [-0.25, -0.2) is 14.4 Å². The molecule has 1 atom stereocenters. The van der Waals surface area contributed by atoms with Crippen LogP contribution in [0.2, 0.25) is 0 Å². The monoisotopic (exact) mass is 491 g/mol. The van der Waals surface area contributed by atoms with Crippen LogP contribution in [0.3, 0.4) is 0 Å². The number of nitrogens with one attached hydrogen (secondary N) is 3. The van der Waals surface area contributed by atoms with Gasteiger partial charge in [-0.15, -0.1) is 0 Å². The molecule has 0 spiro atoms. The van der Waals surface area contributed by atoms with Crippen LogP contribution >= 0.6 is 0 Å². The summed E-state index contributed by atoms with van der Waals surface area (Å²) in [4.78, 5) is 27.3. The van der Waals surface area contributed by atoms with E-state index in [1.807, 2.05) is 0 Å². The van der Waals surface area contributed by atoms with Crippen LogP contribution < -0.4 is 20.7 Å². The Hall–Kier alpha value is -4.29. The van der Waals surface area contributed by atoms with Crippen molar-refractivity contribution in [1.29, 1.82) is 0 Å². The molecule has 0 radical (unpaired) electrons. The number of nitrogens with zero attached hydrogens (tertiary/aromatic N) is 4. The number of ether oxygens (including phenoxy) is 1. The molecule has 13 heteroatoms. The number of benzene rings is 1. The highest BCUT2D eigenvalue weighted by atomic mass is 19.4. The molecular formula is C22H21F4N7O2. The summed E-state index contributed by atoms with van der Waals surface area (Å²) in [6.45, 7) is 6.40. The van der Waals surface area contributed by atoms with Gasteiger partial charge in [-0.3, -0.25) is 10.1 Å². The van der Waals surface area contributed by atoms with Crippen molar-refractivity contribution in [3.8, 4) is 5.88 Å². The Morgan fingerprint density at radius 1 is 1.11 bits per heavy atom. The van der Waals surface area contributed by atoms with Crippen LogP contribution in [0.4, 0.5) is 46.7 Å². The fraction of sp³-hybridized carbons (Fsp3) is 0.227. The first-order chi connectivity index (χ1) is 16.5. The summed E-state index contributed by atoms with van der Waals surface area (Å²) < 4.78 is 59.7. The van der Waals surface area contributed by atoms with Crippen LogP contribution in [-0.2, 0) is 11.0 Å². The molecule has 0 aliphatic carbocycles. The van der Waals surface area contributed by atoms with Crippen molar-refractivity contribution in [3.05, 3.63) is 59.9 Å². The summed E-state index contributed by atoms with van der Waals surface area (Å²) >= 11 is 0. The van der Waals surface area contributed by atoms with Gasteiger partial charge in [0.25, 0.3) is 0 Å². The lowest BCUT2D eigenvalue weighted by Gasteiger charge is -2.17. The van der Waals surface area contributed by atoms with Crippen LogP contribution in [0.25, 0.3) is 0 Å². The molecule has 2 aromatic heterocycles. The third-order valence-electron chi connectivity index (χ3n) is 4.59. The maximum atomic E-state index is 13.7. The van der Waals surface area contributed by atoms with Crippen LogP contribution in [0.15, 0.2) is 43.2 Å². The van der Waals surface area contributed by atoms with E-state index in [2.05, 4.69) is 42.5 Å². The zero-order valence-electron chi connectivity index (χ0n) is 18.9. The van der Waals surface area contributed by atoms with Crippen molar-refractivity contribution in [2.45, 2.75) is 26.2 Å². The van der Waals surface area contributed by atoms with Crippen molar-refractivity contribution in [2.75, 3.05) is 23.1 Å². The number of methoxy groups -OCH3 is 1. The van der Waals surface area contributed by atoms with Crippen molar-refractivity contribution < 1.29 is 27.1 Å². The Balaban J connectivity index is 2.00. The van der Waals surface area contributed by atoms with E-state index in [1.54, 1.807) is 19.1 Å². The molecule has 3 aromatic rings. The number of halogens is 4. The minimum atomic E-state index is -4.78. The third kappa shape index (κ3) is 6.19. The number of anilines is 5. The number of rotatable bonds is 8. The lowest BCUT2D eigenvalue weighted by atomic mass is 10.1. The summed E-state index contributed by atoms with van der Waals surface area (Å²) in [5.41, 5.74) is 0.0837. The zero-order chi connectivity index (χ0) is 25.8. The van der Waals surface area contributed by atoms with Gasteiger partial charge < -0.3 is 15.4 Å². The molecule has 0 saturated carbocycles. The maximum Gasteiger partial charge on any atom is 0.421 e. The van der Waals surface area contributed by atoms with E-state index >= 15 is 0 Å². The van der Waals surface area contributed by atoms with E-state index < -0.39 is 29.6 Å². The smallest absolute Gasteiger partial charge is 0.421 e. The molecule has 3 rings (SSSR count). The lowest BCUT2D eigenvalue weighted by molar-refractivity contribution is -0.137. The molecule has 1 aromatic carbocycles. The Kier molecular flexibility index (Phi) is 7.47. The van der Waals surface area contributed by atoms with Gasteiger partial charge in [0.2, 0.25) is 23.7 Å². The van der Waals surface area contributed by atoms with Crippen molar-refractivity contribution in [1.82, 2.24) is 19.9 Å². The highest BCUT2D eigenvalue weighted by Crippen LogP contribution is 2.37. The predicted octanol–water partition coefficient (Wildman–Crippen LogP) is 5.24. The molecule has 1 amide bonds. The number of hydrogen-bond acceptors (Lipinski definition) is 8. The van der Waals surface area contributed by atoms with Crippen molar-refractivity contribution >= 4 is 35.0 Å². The second kappa shape index (κ2) is 10.3. The normalized spacial score (nSPS) is 12.0. The van der Waals surface area contributed by atoms with Gasteiger partial charge in [-0.05, 0) is 37.6 Å². The first kappa shape index (κ1) is 25.3. The predicted molar refractivity (Wildman–Crippen MR) is 122 cm³/mol. The molecular weight excluding hydrogens is 470 g/mol. The first-order valence-electron chi connectivity index (χ1n) is 10.1. The van der Waals surface area contributed by atoms with Gasteiger partial charge >= 0.3 is 6.18 Å². The van der Waals surface area contributed by atoms with Crippen LogP contribution in [0.1, 0.15) is 29.8 Å². The SMILES string of the molecule is C=CC(=O)Nc1cc(C)ccc1Nc1nc(Nc2ncc(C(C)F)c(OC)n2)ncc1C(F)(F)F. The summed E-state index contributed by atoms with van der Waals surface area (Å²) in [6, 6.07) is 4.71. The average Bonchev–Trinajstić information content (AvgIpc) is 2.79. The average molecular weight is 491 g/mol. The fourth-order valence-corrected chi connectivity index (χ4v) is 2.90. The summed E-state index contributed by atoms with van der Waals surface area (Å²) in [5.74, 6) is -1.57. The molecule has 2 heterocycles. The van der Waals surface area contributed by atoms with E-state index in [4.69, 9.17) is 4.74 Å². The van der Waals surface area contributed by atoms with Crippen LogP contribution in [0, 0.1) is 6.92 Å². The van der Waals surface area contributed by atoms with Gasteiger partial charge in [0, 0.05) is 12.4 Å². The van der Waals surface area contributed by atoms with E-state index in [0.717, 1.165) is 11.6 Å². The first-order valence-corrected chi connectivity index (χ1v) is 10.1. The number of aryl methyl sites for hydroxylation is 1. The number of carbonyl (C=O) groups excluding carboxylic acids is 1. The molecule has 35 heavy (non-hydrogen) atoms. The van der Waals surface area contributed by atoms with Gasteiger partial charge in [-0.2, -0.15) is 23.1 Å². The number of amides is 1. The van der Waals surface area contributed by atoms with Crippen LogP contribution in [-0.4, -0.2) is 33.0 Å². The minimum absolute atomic E-state index is 0.0509. The summed E-state index contributed by atoms with van der Waals surface area (Å²) in [7, 11) is 1.29. The number of carbonyl (C=O) groups is 1. The van der Waals surface area contributed by atoms with E-state index in [0.29, 0.717) is 6.20 Å². The zero-order valence-corrected chi connectivity index (χ0v) is 18.9. The Labute approximate surface area is 197 Å². The Morgan fingerprint density at radius 2 is 1.80 bits per heavy atom. The highest BCUT2D eigenvalue weighted by Gasteiger charge is 2.35. The second-order valence-corrected chi connectivity index (χ2v) is 7.22. The number of hydrogen-bond donors (Lipinski definition) is 3. The van der Waals surface area contributed by atoms with E-state index in [9.17, 15) is 22.4 Å². The summed E-state index contributed by atoms with van der Waals surface area (Å²) in [5, 5.41) is 7.72. The Morgan fingerprint density at radius 3 is 2.43 bits per heavy atom. The van der Waals surface area contributed by atoms with E-state index in [1.165, 1.54) is 26.3 Å². The standard InChI is InChI=1S/C22H21F4N7O2/c1-5-17(34)29-16-8-11(2)6-7-15(16)30-18-14(22(24,25)26)10-28-20(31-18)33-21-27-9-13(12(3)23)19(32-21)35-4/h5-10,12H,1H2,2-4H3,(H,29,34)(H2,27,28,30,31,32,33). The fourth-order valence-electron chi connectivity index (χ4n) is 2.90. The second-order valence-electron chi connectivity index (χ2n) is 7.22. The van der Waals surface area contributed by atoms with Gasteiger partial charge in [0.1, 0.15) is 17.6 Å². The van der Waals surface area contributed by atoms with Gasteiger partial charge in [0.05, 0.1) is 24.0 Å². The lowest BCUT2D eigenvalue weighted by Crippen LogP contribution is -2.14. The number of alkyl halides is 4. The Bertz CT molecular complexity index is 1250. The molecule has 0 bridgehead atoms. The molecule has 0 fully saturated rings. The molecule has 0 aliphatic rings. The number of aromatic nitrogens is 4. The molecule has 0 saturated heterocycles. The molecule has 9 nitrogen and oxygen atoms in total. The topological polar surface area (TPSA) is 114 Å². The largest absolute Gasteiger partial charge is 0.481 e. The highest BCUT2D eigenvalue weighted by molar-refractivity contribution is 6.01. The van der Waals surface area contributed by atoms with Gasteiger partial charge in [-0.1, -0.05) is 12.6 Å². The summed E-state index contributed by atoms with van der Waals surface area (Å²) in [6.07, 6.45) is -3.38. The molecule has 1 unspecified atom stereocenters. The quantitative estimate of drug-likeness (QED) is 0.289. The molecule has 3 N–H and O–H groups in total. The van der Waals surface area contributed by atoms with Crippen LogP contribution in [0.5, 0.6) is 5.88 Å². The maximum absolute atomic E-state index is 13.7. The minimum Gasteiger partial charge on any atom is -0.481 e.